The highest BCUT2D eigenvalue weighted by molar-refractivity contribution is 9.11. The molecule has 0 saturated carbocycles. The average molecular weight is 677 g/mol. The van der Waals surface area contributed by atoms with Crippen LogP contribution in [0.4, 0.5) is 5.69 Å². The number of carbonyl (C=O) groups is 3. The molecule has 204 valence electrons. The molecule has 0 radical (unpaired) electrons. The molecule has 0 spiro atoms. The van der Waals surface area contributed by atoms with Crippen LogP contribution in [0.15, 0.2) is 61.8 Å². The summed E-state index contributed by atoms with van der Waals surface area (Å²) >= 11 is 13.4. The van der Waals surface area contributed by atoms with Crippen molar-refractivity contribution in [1.82, 2.24) is 4.90 Å². The highest BCUT2D eigenvalue weighted by atomic mass is 79.9. The van der Waals surface area contributed by atoms with Crippen molar-refractivity contribution >= 4 is 66.6 Å². The van der Waals surface area contributed by atoms with E-state index in [0.717, 1.165) is 65.9 Å². The van der Waals surface area contributed by atoms with Gasteiger partial charge in [-0.2, -0.15) is 0 Å². The third kappa shape index (κ3) is 5.48. The van der Waals surface area contributed by atoms with Crippen LogP contribution in [0.25, 0.3) is 0 Å². The number of halogens is 3. The summed E-state index contributed by atoms with van der Waals surface area (Å²) in [4.78, 5) is 41.5. The Morgan fingerprint density at radius 3 is 2.13 bits per heavy atom. The summed E-state index contributed by atoms with van der Waals surface area (Å²) in [5, 5.41) is 3.37. The van der Waals surface area contributed by atoms with E-state index in [4.69, 9.17) is 16.3 Å². The molecule has 0 atom stereocenters. The first-order chi connectivity index (χ1) is 18.7. The first-order valence-electron chi connectivity index (χ1n) is 13.2. The molecule has 1 N–H and O–H groups in total. The maximum atomic E-state index is 13.3. The summed E-state index contributed by atoms with van der Waals surface area (Å²) in [6.45, 7) is 4.50. The quantitative estimate of drug-likeness (QED) is 0.341. The minimum atomic E-state index is -0.408. The van der Waals surface area contributed by atoms with Crippen LogP contribution in [0.1, 0.15) is 62.5 Å². The molecule has 5 rings (SSSR count). The number of allylic oxidation sites excluding steroid dienone is 4. The fourth-order valence-electron chi connectivity index (χ4n) is 5.82. The molecule has 2 aromatic rings. The van der Waals surface area contributed by atoms with Crippen molar-refractivity contribution < 1.29 is 19.1 Å². The Morgan fingerprint density at radius 1 is 1.00 bits per heavy atom. The molecule has 0 fully saturated rings. The number of nitrogens with one attached hydrogen (secondary N) is 1. The van der Waals surface area contributed by atoms with Gasteiger partial charge in [0.15, 0.2) is 18.2 Å². The third-order valence-electron chi connectivity index (χ3n) is 7.56. The lowest BCUT2D eigenvalue weighted by Crippen LogP contribution is -2.39. The molecule has 1 aliphatic heterocycles. The minimum absolute atomic E-state index is 0.116. The first kappa shape index (κ1) is 28.1. The van der Waals surface area contributed by atoms with Gasteiger partial charge in [0.1, 0.15) is 5.75 Å². The summed E-state index contributed by atoms with van der Waals surface area (Å²) in [5.41, 5.74) is 5.99. The third-order valence-corrected chi connectivity index (χ3v) is 9.15. The van der Waals surface area contributed by atoms with Gasteiger partial charge in [-0.1, -0.05) is 17.7 Å². The van der Waals surface area contributed by atoms with Crippen molar-refractivity contribution in [3.05, 3.63) is 78.0 Å². The molecule has 0 saturated heterocycles. The molecular weight excluding hydrogens is 648 g/mol. The second-order valence-corrected chi connectivity index (χ2v) is 12.2. The average Bonchev–Trinajstić information content (AvgIpc) is 2.89. The molecule has 2 aliphatic carbocycles. The highest BCUT2D eigenvalue weighted by Crippen LogP contribution is 2.50. The zero-order chi connectivity index (χ0) is 27.8. The van der Waals surface area contributed by atoms with E-state index in [-0.39, 0.29) is 24.1 Å². The number of ether oxygens (including phenoxy) is 1. The van der Waals surface area contributed by atoms with Crippen LogP contribution in [0.5, 0.6) is 5.75 Å². The van der Waals surface area contributed by atoms with Crippen molar-refractivity contribution in [1.29, 1.82) is 0 Å². The molecule has 6 nitrogen and oxygen atoms in total. The van der Waals surface area contributed by atoms with Gasteiger partial charge < -0.3 is 15.0 Å². The summed E-state index contributed by atoms with van der Waals surface area (Å²) in [6, 6.07) is 9.14. The number of hydrogen-bond acceptors (Lipinski definition) is 5. The summed E-state index contributed by atoms with van der Waals surface area (Å²) in [7, 11) is 0. The second-order valence-electron chi connectivity index (χ2n) is 10.1. The number of Topliss-reactive ketones (excluding diaryl/α,β-unsaturated/α-hetero) is 2. The van der Waals surface area contributed by atoms with Gasteiger partial charge in [0.25, 0.3) is 5.91 Å². The van der Waals surface area contributed by atoms with E-state index in [1.165, 1.54) is 0 Å². The van der Waals surface area contributed by atoms with Crippen LogP contribution in [0.3, 0.4) is 0 Å². The zero-order valence-corrected chi connectivity index (χ0v) is 25.8. The summed E-state index contributed by atoms with van der Waals surface area (Å²) in [5.74, 6) is -0.0325. The lowest BCUT2D eigenvalue weighted by molar-refractivity contribution is -0.118. The molecule has 1 amide bonds. The number of carbonyl (C=O) groups excluding carboxylic acids is 3. The molecule has 1 heterocycles. The van der Waals surface area contributed by atoms with E-state index >= 15 is 0 Å². The van der Waals surface area contributed by atoms with Gasteiger partial charge in [-0.15, -0.1) is 0 Å². The fraction of sp³-hybridized carbons (Fsp3) is 0.367. The minimum Gasteiger partial charge on any atom is -0.481 e. The maximum Gasteiger partial charge on any atom is 0.262 e. The Bertz CT molecular complexity index is 1380. The van der Waals surface area contributed by atoms with Crippen LogP contribution in [0.2, 0.25) is 5.02 Å². The number of nitrogens with zero attached hydrogens (tertiary/aromatic N) is 1. The summed E-state index contributed by atoms with van der Waals surface area (Å²) in [6.07, 6.45) is 4.31. The second kappa shape index (κ2) is 11.6. The molecule has 3 aliphatic rings. The number of anilines is 1. The summed E-state index contributed by atoms with van der Waals surface area (Å²) < 4.78 is 7.15. The number of benzene rings is 2. The van der Waals surface area contributed by atoms with Crippen LogP contribution in [-0.2, 0) is 14.4 Å². The van der Waals surface area contributed by atoms with E-state index in [0.29, 0.717) is 38.2 Å². The molecule has 2 aromatic carbocycles. The number of hydrogen-bond donors (Lipinski definition) is 1. The number of amides is 1. The largest absolute Gasteiger partial charge is 0.481 e. The lowest BCUT2D eigenvalue weighted by Gasteiger charge is -2.43. The Labute approximate surface area is 250 Å². The molecular formula is C30H29Br2ClN2O4. The van der Waals surface area contributed by atoms with Crippen molar-refractivity contribution in [2.75, 3.05) is 18.5 Å². The number of rotatable bonds is 6. The normalized spacial score (nSPS) is 17.8. The van der Waals surface area contributed by atoms with Crippen LogP contribution >= 0.6 is 43.5 Å². The SMILES string of the molecule is CCN1C2=C(C(=O)CCC2)C(c2cc(Br)c(OCC(=O)Nc3ccc(C)c(Cl)c3)c(Br)c2)C2=C1CCCC2=O. The Balaban J connectivity index is 1.45. The zero-order valence-electron chi connectivity index (χ0n) is 21.8. The van der Waals surface area contributed by atoms with Crippen molar-refractivity contribution in [2.24, 2.45) is 0 Å². The predicted molar refractivity (Wildman–Crippen MR) is 159 cm³/mol. The molecule has 0 unspecified atom stereocenters. The van der Waals surface area contributed by atoms with E-state index in [1.54, 1.807) is 12.1 Å². The van der Waals surface area contributed by atoms with Crippen LogP contribution in [-0.4, -0.2) is 35.5 Å². The molecule has 9 heteroatoms. The van der Waals surface area contributed by atoms with Gasteiger partial charge in [-0.25, -0.2) is 0 Å². The van der Waals surface area contributed by atoms with Crippen LogP contribution < -0.4 is 10.1 Å². The predicted octanol–water partition coefficient (Wildman–Crippen LogP) is 7.62. The van der Waals surface area contributed by atoms with Crippen molar-refractivity contribution in [3.63, 3.8) is 0 Å². The van der Waals surface area contributed by atoms with Crippen LogP contribution in [0, 0.1) is 6.92 Å². The topological polar surface area (TPSA) is 75.7 Å². The van der Waals surface area contributed by atoms with E-state index in [9.17, 15) is 14.4 Å². The van der Waals surface area contributed by atoms with Gasteiger partial charge in [0, 0.05) is 58.6 Å². The molecule has 39 heavy (non-hydrogen) atoms. The Hall–Kier alpha value is -2.42. The number of aryl methyl sites for hydroxylation is 1. The Morgan fingerprint density at radius 2 is 1.59 bits per heavy atom. The Kier molecular flexibility index (Phi) is 8.36. The first-order valence-corrected chi connectivity index (χ1v) is 15.1. The molecule has 0 bridgehead atoms. The van der Waals surface area contributed by atoms with Crippen molar-refractivity contribution in [2.45, 2.75) is 58.3 Å². The van der Waals surface area contributed by atoms with Crippen molar-refractivity contribution in [3.8, 4) is 5.75 Å². The number of ketones is 2. The van der Waals surface area contributed by atoms with E-state index in [2.05, 4.69) is 49.0 Å². The van der Waals surface area contributed by atoms with Gasteiger partial charge in [0.2, 0.25) is 0 Å². The lowest BCUT2D eigenvalue weighted by atomic mass is 9.71. The highest BCUT2D eigenvalue weighted by Gasteiger charge is 2.43. The van der Waals surface area contributed by atoms with Gasteiger partial charge >= 0.3 is 0 Å². The van der Waals surface area contributed by atoms with E-state index in [1.807, 2.05) is 25.1 Å². The fourth-order valence-corrected chi connectivity index (χ4v) is 7.45. The maximum absolute atomic E-state index is 13.3. The van der Waals surface area contributed by atoms with Gasteiger partial charge in [-0.3, -0.25) is 14.4 Å². The van der Waals surface area contributed by atoms with Gasteiger partial charge in [-0.05, 0) is 107 Å². The molecule has 0 aromatic heterocycles. The van der Waals surface area contributed by atoms with Gasteiger partial charge in [0.05, 0.1) is 8.95 Å². The monoisotopic (exact) mass is 674 g/mol. The smallest absolute Gasteiger partial charge is 0.262 e. The van der Waals surface area contributed by atoms with E-state index < -0.39 is 5.92 Å². The standard InChI is InChI=1S/C30H29Br2ClN2O4/c1-3-35-22-6-4-8-24(36)28(22)27(29-23(35)7-5-9-25(29)37)17-12-19(31)30(20(32)13-17)39-15-26(38)34-18-11-10-16(2)21(33)14-18/h10-14,27H,3-9,15H2,1-2H3,(H,34,38).